The van der Waals surface area contributed by atoms with Gasteiger partial charge in [-0.1, -0.05) is 0 Å². The maximum absolute atomic E-state index is 11.9. The number of rotatable bonds is 2. The highest BCUT2D eigenvalue weighted by Gasteiger charge is 2.24. The Bertz CT molecular complexity index is 335. The van der Waals surface area contributed by atoms with E-state index in [1.54, 1.807) is 0 Å². The summed E-state index contributed by atoms with van der Waals surface area (Å²) in [6, 6.07) is 0. The van der Waals surface area contributed by atoms with E-state index in [4.69, 9.17) is 5.11 Å². The molecule has 0 aromatic carbocycles. The van der Waals surface area contributed by atoms with Gasteiger partial charge in [-0.15, -0.1) is 0 Å². The van der Waals surface area contributed by atoms with Gasteiger partial charge in [0.2, 0.25) is 5.91 Å². The van der Waals surface area contributed by atoms with Gasteiger partial charge in [-0.05, 0) is 26.7 Å². The van der Waals surface area contributed by atoms with Crippen molar-refractivity contribution in [1.82, 2.24) is 4.90 Å². The van der Waals surface area contributed by atoms with Crippen LogP contribution >= 0.6 is 0 Å². The molecule has 1 rings (SSSR count). The third kappa shape index (κ3) is 2.82. The Morgan fingerprint density at radius 2 is 1.88 bits per heavy atom. The van der Waals surface area contributed by atoms with Crippen LogP contribution in [-0.2, 0) is 9.59 Å². The first-order valence-electron chi connectivity index (χ1n) is 5.31. The van der Waals surface area contributed by atoms with Crippen LogP contribution in [-0.4, -0.2) is 46.2 Å². The molecule has 5 nitrogen and oxygen atoms in total. The van der Waals surface area contributed by atoms with Gasteiger partial charge >= 0.3 is 5.97 Å². The minimum atomic E-state index is -1.08. The number of carbonyl (C=O) groups is 2. The van der Waals surface area contributed by atoms with Gasteiger partial charge in [0.25, 0.3) is 0 Å². The molecule has 0 spiro atoms. The molecular formula is C11H17NO4. The van der Waals surface area contributed by atoms with E-state index < -0.39 is 12.1 Å². The largest absolute Gasteiger partial charge is 0.478 e. The first kappa shape index (κ1) is 12.7. The van der Waals surface area contributed by atoms with Gasteiger partial charge in [0, 0.05) is 24.2 Å². The lowest BCUT2D eigenvalue weighted by Crippen LogP contribution is -2.42. The van der Waals surface area contributed by atoms with Crippen molar-refractivity contribution < 1.29 is 19.8 Å². The minimum Gasteiger partial charge on any atom is -0.478 e. The van der Waals surface area contributed by atoms with E-state index in [9.17, 15) is 14.7 Å². The van der Waals surface area contributed by atoms with Crippen molar-refractivity contribution in [3.05, 3.63) is 11.1 Å². The molecule has 1 fully saturated rings. The highest BCUT2D eigenvalue weighted by molar-refractivity contribution is 6.01. The summed E-state index contributed by atoms with van der Waals surface area (Å²) in [7, 11) is 0. The van der Waals surface area contributed by atoms with E-state index in [0.717, 1.165) is 6.42 Å². The maximum atomic E-state index is 11.9. The smallest absolute Gasteiger partial charge is 0.331 e. The molecule has 0 bridgehead atoms. The number of β-amino-alcohol motifs (C(OH)–C–C–N with tert-alkyl or cyclic N) is 1. The Morgan fingerprint density at radius 1 is 1.25 bits per heavy atom. The third-order valence-corrected chi connectivity index (χ3v) is 2.89. The van der Waals surface area contributed by atoms with E-state index in [1.807, 2.05) is 0 Å². The first-order chi connectivity index (χ1) is 7.43. The minimum absolute atomic E-state index is 0.0602. The first-order valence-corrected chi connectivity index (χ1v) is 5.31. The predicted octanol–water partition coefficient (Wildman–Crippen LogP) is 0.391. The summed E-state index contributed by atoms with van der Waals surface area (Å²) >= 11 is 0. The van der Waals surface area contributed by atoms with Crippen LogP contribution in [0.4, 0.5) is 0 Å². The number of carboxylic acids is 1. The SMILES string of the molecule is CC(C(=O)O)=C(C)C(=O)N1CCC[C@H](O)C1. The van der Waals surface area contributed by atoms with Gasteiger partial charge in [0.05, 0.1) is 6.10 Å². The highest BCUT2D eigenvalue weighted by atomic mass is 16.4. The van der Waals surface area contributed by atoms with Crippen LogP contribution < -0.4 is 0 Å². The van der Waals surface area contributed by atoms with Gasteiger partial charge in [-0.2, -0.15) is 0 Å². The van der Waals surface area contributed by atoms with Crippen molar-refractivity contribution in [3.63, 3.8) is 0 Å². The summed E-state index contributed by atoms with van der Waals surface area (Å²) < 4.78 is 0. The average molecular weight is 227 g/mol. The standard InChI is InChI=1S/C11H17NO4/c1-7(8(2)11(15)16)10(14)12-5-3-4-9(13)6-12/h9,13H,3-6H2,1-2H3,(H,15,16)/t9-/m0/s1. The quantitative estimate of drug-likeness (QED) is 0.669. The molecule has 1 saturated heterocycles. The second-order valence-corrected chi connectivity index (χ2v) is 4.10. The molecule has 0 aromatic rings. The molecule has 2 N–H and O–H groups in total. The molecule has 0 aliphatic carbocycles. The molecular weight excluding hydrogens is 210 g/mol. The molecule has 0 radical (unpaired) electrons. The molecule has 1 heterocycles. The number of amides is 1. The van der Waals surface area contributed by atoms with Crippen LogP contribution in [0.5, 0.6) is 0 Å². The molecule has 1 aliphatic rings. The van der Waals surface area contributed by atoms with E-state index in [1.165, 1.54) is 18.7 Å². The summed E-state index contributed by atoms with van der Waals surface area (Å²) in [5, 5.41) is 18.2. The summed E-state index contributed by atoms with van der Waals surface area (Å²) in [6.07, 6.45) is 0.965. The lowest BCUT2D eigenvalue weighted by Gasteiger charge is -2.30. The Hall–Kier alpha value is -1.36. The van der Waals surface area contributed by atoms with Crippen LogP contribution in [0.1, 0.15) is 26.7 Å². The number of aliphatic hydroxyl groups is 1. The van der Waals surface area contributed by atoms with Crippen molar-refractivity contribution in [1.29, 1.82) is 0 Å². The average Bonchev–Trinajstić information content (AvgIpc) is 2.26. The zero-order valence-corrected chi connectivity index (χ0v) is 9.56. The molecule has 0 saturated carbocycles. The highest BCUT2D eigenvalue weighted by Crippen LogP contribution is 2.14. The molecule has 1 amide bonds. The van der Waals surface area contributed by atoms with Crippen LogP contribution in [0, 0.1) is 0 Å². The molecule has 1 aliphatic heterocycles. The molecule has 0 aromatic heterocycles. The second kappa shape index (κ2) is 5.12. The number of hydrogen-bond acceptors (Lipinski definition) is 3. The molecule has 1 atom stereocenters. The third-order valence-electron chi connectivity index (χ3n) is 2.89. The fraction of sp³-hybridized carbons (Fsp3) is 0.636. The Balaban J connectivity index is 2.77. The topological polar surface area (TPSA) is 77.8 Å². The van der Waals surface area contributed by atoms with E-state index in [-0.39, 0.29) is 17.1 Å². The fourth-order valence-electron chi connectivity index (χ4n) is 1.70. The Labute approximate surface area is 94.4 Å². The van der Waals surface area contributed by atoms with Crippen LogP contribution in [0.2, 0.25) is 0 Å². The van der Waals surface area contributed by atoms with E-state index in [0.29, 0.717) is 19.5 Å². The molecule has 16 heavy (non-hydrogen) atoms. The number of nitrogens with zero attached hydrogens (tertiary/aromatic N) is 1. The fourth-order valence-corrected chi connectivity index (χ4v) is 1.70. The normalized spacial score (nSPS) is 22.7. The summed E-state index contributed by atoms with van der Waals surface area (Å²) in [5.74, 6) is -1.37. The number of carbonyl (C=O) groups excluding carboxylic acids is 1. The zero-order valence-electron chi connectivity index (χ0n) is 9.56. The van der Waals surface area contributed by atoms with Crippen molar-refractivity contribution in [2.45, 2.75) is 32.8 Å². The monoisotopic (exact) mass is 227 g/mol. The number of aliphatic carboxylic acids is 1. The molecule has 5 heteroatoms. The van der Waals surface area contributed by atoms with Crippen molar-refractivity contribution in [2.24, 2.45) is 0 Å². The number of carboxylic acid groups (broad SMARTS) is 1. The van der Waals surface area contributed by atoms with Crippen molar-refractivity contribution in [3.8, 4) is 0 Å². The van der Waals surface area contributed by atoms with Crippen molar-refractivity contribution >= 4 is 11.9 Å². The van der Waals surface area contributed by atoms with Gasteiger partial charge in [0.1, 0.15) is 0 Å². The number of aliphatic hydroxyl groups excluding tert-OH is 1. The maximum Gasteiger partial charge on any atom is 0.331 e. The predicted molar refractivity (Wildman–Crippen MR) is 57.8 cm³/mol. The summed E-state index contributed by atoms with van der Waals surface area (Å²) in [5.41, 5.74) is 0.298. The van der Waals surface area contributed by atoms with E-state index in [2.05, 4.69) is 0 Å². The van der Waals surface area contributed by atoms with Gasteiger partial charge in [0.15, 0.2) is 0 Å². The summed E-state index contributed by atoms with van der Waals surface area (Å²) in [6.45, 7) is 3.80. The van der Waals surface area contributed by atoms with Crippen LogP contribution in [0.3, 0.4) is 0 Å². The number of piperidine rings is 1. The zero-order chi connectivity index (χ0) is 12.3. The van der Waals surface area contributed by atoms with E-state index >= 15 is 0 Å². The number of likely N-dealkylation sites (tertiary alicyclic amines) is 1. The van der Waals surface area contributed by atoms with Crippen LogP contribution in [0.15, 0.2) is 11.1 Å². The van der Waals surface area contributed by atoms with Gasteiger partial charge in [-0.3, -0.25) is 4.79 Å². The second-order valence-electron chi connectivity index (χ2n) is 4.10. The van der Waals surface area contributed by atoms with Gasteiger partial charge < -0.3 is 15.1 Å². The Kier molecular flexibility index (Phi) is 4.06. The Morgan fingerprint density at radius 3 is 2.38 bits per heavy atom. The lowest BCUT2D eigenvalue weighted by molar-refractivity contribution is -0.134. The summed E-state index contributed by atoms with van der Waals surface area (Å²) in [4.78, 5) is 24.1. The van der Waals surface area contributed by atoms with Gasteiger partial charge in [-0.25, -0.2) is 4.79 Å². The van der Waals surface area contributed by atoms with Crippen molar-refractivity contribution in [2.75, 3.05) is 13.1 Å². The lowest BCUT2D eigenvalue weighted by atomic mass is 10.1. The molecule has 0 unspecified atom stereocenters. The van der Waals surface area contributed by atoms with Crippen LogP contribution in [0.25, 0.3) is 0 Å². The number of hydrogen-bond donors (Lipinski definition) is 2. The molecule has 90 valence electrons.